The van der Waals surface area contributed by atoms with Gasteiger partial charge in [0.25, 0.3) is 5.91 Å². The Bertz CT molecular complexity index is 723. The zero-order chi connectivity index (χ0) is 20.8. The van der Waals surface area contributed by atoms with Crippen LogP contribution in [0.3, 0.4) is 0 Å². The molecule has 1 aromatic rings. The molecule has 2 aliphatic rings. The Balaban J connectivity index is 1.59. The number of carbonyl (C=O) groups is 2. The molecule has 2 N–H and O–H groups in total. The Morgan fingerprint density at radius 2 is 2.00 bits per heavy atom. The van der Waals surface area contributed by atoms with E-state index in [2.05, 4.69) is 42.5 Å². The molecule has 0 saturated heterocycles. The van der Waals surface area contributed by atoms with Crippen LogP contribution < -0.4 is 10.6 Å². The van der Waals surface area contributed by atoms with Crippen molar-refractivity contribution in [2.24, 2.45) is 23.7 Å². The zero-order valence-electron chi connectivity index (χ0n) is 18.0. The van der Waals surface area contributed by atoms with Gasteiger partial charge in [-0.05, 0) is 62.0 Å². The summed E-state index contributed by atoms with van der Waals surface area (Å²) in [4.78, 5) is 29.0. The lowest BCUT2D eigenvalue weighted by Gasteiger charge is -2.37. The second-order valence-corrected chi connectivity index (χ2v) is 9.12. The maximum absolute atomic E-state index is 12.5. The SMILES string of the molecule is CC1=CC(CNC(=O)c2cccnc2)C(C(C)C)CC1CC(=O)NC1CCCC1. The molecule has 0 spiro atoms. The standard InChI is InChI=1S/C24H35N3O2/c1-16(2)22-12-19(13-23(28)27-21-8-4-5-9-21)17(3)11-20(22)15-26-24(29)18-7-6-10-25-14-18/h6-7,10-11,14,16,19-22H,4-5,8-9,12-13,15H2,1-3H3,(H,26,29)(H,27,28). The highest BCUT2D eigenvalue weighted by Crippen LogP contribution is 2.38. The molecule has 3 atom stereocenters. The predicted octanol–water partition coefficient (Wildman–Crippen LogP) is 4.11. The Morgan fingerprint density at radius 1 is 1.24 bits per heavy atom. The summed E-state index contributed by atoms with van der Waals surface area (Å²) in [6.45, 7) is 7.24. The monoisotopic (exact) mass is 397 g/mol. The van der Waals surface area contributed by atoms with E-state index >= 15 is 0 Å². The van der Waals surface area contributed by atoms with Gasteiger partial charge in [0.1, 0.15) is 0 Å². The lowest BCUT2D eigenvalue weighted by Crippen LogP contribution is -2.38. The summed E-state index contributed by atoms with van der Waals surface area (Å²) < 4.78 is 0. The first-order valence-corrected chi connectivity index (χ1v) is 11.1. The number of rotatable bonds is 7. The molecule has 2 aliphatic carbocycles. The molecule has 1 fully saturated rings. The highest BCUT2D eigenvalue weighted by Gasteiger charge is 2.33. The van der Waals surface area contributed by atoms with Gasteiger partial charge in [0.2, 0.25) is 5.91 Å². The number of pyridine rings is 1. The van der Waals surface area contributed by atoms with Crippen LogP contribution in [-0.4, -0.2) is 29.4 Å². The third-order valence-electron chi connectivity index (χ3n) is 6.66. The summed E-state index contributed by atoms with van der Waals surface area (Å²) in [7, 11) is 0. The van der Waals surface area contributed by atoms with Crippen molar-refractivity contribution in [1.29, 1.82) is 0 Å². The molecule has 0 aliphatic heterocycles. The van der Waals surface area contributed by atoms with Crippen LogP contribution in [0, 0.1) is 23.7 Å². The molecule has 1 aromatic heterocycles. The van der Waals surface area contributed by atoms with Crippen LogP contribution >= 0.6 is 0 Å². The summed E-state index contributed by atoms with van der Waals surface area (Å²) in [5.74, 6) is 1.67. The maximum atomic E-state index is 12.5. The van der Waals surface area contributed by atoms with E-state index in [4.69, 9.17) is 0 Å². The Morgan fingerprint density at radius 3 is 2.66 bits per heavy atom. The third-order valence-corrected chi connectivity index (χ3v) is 6.66. The second-order valence-electron chi connectivity index (χ2n) is 9.12. The lowest BCUT2D eigenvalue weighted by atomic mass is 9.69. The largest absolute Gasteiger partial charge is 0.353 e. The molecular weight excluding hydrogens is 362 g/mol. The molecule has 5 heteroatoms. The first-order chi connectivity index (χ1) is 13.9. The topological polar surface area (TPSA) is 71.1 Å². The number of aromatic nitrogens is 1. The van der Waals surface area contributed by atoms with Crippen LogP contribution in [-0.2, 0) is 4.79 Å². The van der Waals surface area contributed by atoms with Gasteiger partial charge in [-0.2, -0.15) is 0 Å². The zero-order valence-corrected chi connectivity index (χ0v) is 18.0. The van der Waals surface area contributed by atoms with Crippen LogP contribution in [0.1, 0.15) is 69.7 Å². The van der Waals surface area contributed by atoms with Crippen molar-refractivity contribution < 1.29 is 9.59 Å². The van der Waals surface area contributed by atoms with Gasteiger partial charge in [0, 0.05) is 31.4 Å². The molecule has 0 radical (unpaired) electrons. The van der Waals surface area contributed by atoms with Crippen molar-refractivity contribution in [3.63, 3.8) is 0 Å². The van der Waals surface area contributed by atoms with E-state index < -0.39 is 0 Å². The first-order valence-electron chi connectivity index (χ1n) is 11.1. The van der Waals surface area contributed by atoms with Crippen LogP contribution in [0.5, 0.6) is 0 Å². The summed E-state index contributed by atoms with van der Waals surface area (Å²) in [6.07, 6.45) is 11.9. The Labute approximate surface area is 174 Å². The minimum absolute atomic E-state index is 0.0790. The van der Waals surface area contributed by atoms with Crippen LogP contribution in [0.4, 0.5) is 0 Å². The van der Waals surface area contributed by atoms with Crippen molar-refractivity contribution >= 4 is 11.8 Å². The summed E-state index contributed by atoms with van der Waals surface area (Å²) in [6, 6.07) is 3.94. The number of nitrogens with one attached hydrogen (secondary N) is 2. The van der Waals surface area contributed by atoms with E-state index in [-0.39, 0.29) is 11.8 Å². The van der Waals surface area contributed by atoms with Gasteiger partial charge in [0.05, 0.1) is 5.56 Å². The highest BCUT2D eigenvalue weighted by atomic mass is 16.2. The van der Waals surface area contributed by atoms with Crippen molar-refractivity contribution in [2.75, 3.05) is 6.54 Å². The van der Waals surface area contributed by atoms with E-state index in [9.17, 15) is 9.59 Å². The summed E-state index contributed by atoms with van der Waals surface area (Å²) >= 11 is 0. The molecule has 2 amide bonds. The van der Waals surface area contributed by atoms with Gasteiger partial charge in [-0.1, -0.05) is 38.3 Å². The number of nitrogens with zero attached hydrogens (tertiary/aromatic N) is 1. The molecule has 29 heavy (non-hydrogen) atoms. The van der Waals surface area contributed by atoms with Crippen LogP contribution in [0.25, 0.3) is 0 Å². The van der Waals surface area contributed by atoms with E-state index in [0.717, 1.165) is 19.3 Å². The normalized spacial score (nSPS) is 25.0. The van der Waals surface area contributed by atoms with Gasteiger partial charge in [-0.15, -0.1) is 0 Å². The predicted molar refractivity (Wildman–Crippen MR) is 115 cm³/mol. The minimum Gasteiger partial charge on any atom is -0.353 e. The lowest BCUT2D eigenvalue weighted by molar-refractivity contribution is -0.122. The number of hydrogen-bond donors (Lipinski definition) is 2. The summed E-state index contributed by atoms with van der Waals surface area (Å²) in [5.41, 5.74) is 1.87. The number of carbonyl (C=O) groups excluding carboxylic acids is 2. The highest BCUT2D eigenvalue weighted by molar-refractivity contribution is 5.93. The van der Waals surface area contributed by atoms with Gasteiger partial charge in [0.15, 0.2) is 0 Å². The molecular formula is C24H35N3O2. The van der Waals surface area contributed by atoms with E-state index in [0.29, 0.717) is 48.2 Å². The number of hydrogen-bond acceptors (Lipinski definition) is 3. The average Bonchev–Trinajstić information content (AvgIpc) is 3.21. The first kappa shape index (κ1) is 21.5. The fourth-order valence-corrected chi connectivity index (χ4v) is 4.90. The molecule has 1 saturated carbocycles. The molecule has 5 nitrogen and oxygen atoms in total. The minimum atomic E-state index is -0.0790. The van der Waals surface area contributed by atoms with Crippen LogP contribution in [0.15, 0.2) is 36.2 Å². The van der Waals surface area contributed by atoms with E-state index in [1.807, 2.05) is 0 Å². The van der Waals surface area contributed by atoms with Gasteiger partial charge in [-0.25, -0.2) is 0 Å². The number of allylic oxidation sites excluding steroid dienone is 1. The molecule has 0 aromatic carbocycles. The van der Waals surface area contributed by atoms with E-state index in [1.165, 1.54) is 18.4 Å². The average molecular weight is 398 g/mol. The molecule has 158 valence electrons. The maximum Gasteiger partial charge on any atom is 0.252 e. The van der Waals surface area contributed by atoms with Crippen molar-refractivity contribution in [3.8, 4) is 0 Å². The second kappa shape index (κ2) is 10.0. The molecule has 3 unspecified atom stereocenters. The van der Waals surface area contributed by atoms with E-state index in [1.54, 1.807) is 24.5 Å². The quantitative estimate of drug-likeness (QED) is 0.680. The Kier molecular flexibility index (Phi) is 7.45. The molecule has 1 heterocycles. The molecule has 0 bridgehead atoms. The van der Waals surface area contributed by atoms with Crippen molar-refractivity contribution in [2.45, 2.75) is 65.3 Å². The Hall–Kier alpha value is -2.17. The number of amides is 2. The van der Waals surface area contributed by atoms with Gasteiger partial charge >= 0.3 is 0 Å². The van der Waals surface area contributed by atoms with Gasteiger partial charge < -0.3 is 10.6 Å². The van der Waals surface area contributed by atoms with Crippen LogP contribution in [0.2, 0.25) is 0 Å². The van der Waals surface area contributed by atoms with Crippen molar-refractivity contribution in [3.05, 3.63) is 41.7 Å². The third kappa shape index (κ3) is 5.91. The molecule has 3 rings (SSSR count). The summed E-state index contributed by atoms with van der Waals surface area (Å²) in [5, 5.41) is 6.31. The fourth-order valence-electron chi connectivity index (χ4n) is 4.90. The smallest absolute Gasteiger partial charge is 0.252 e. The van der Waals surface area contributed by atoms with Gasteiger partial charge in [-0.3, -0.25) is 14.6 Å². The van der Waals surface area contributed by atoms with Crippen molar-refractivity contribution in [1.82, 2.24) is 15.6 Å². The fraction of sp³-hybridized carbons (Fsp3) is 0.625.